The minimum Gasteiger partial charge on any atom is -0.309 e. The van der Waals surface area contributed by atoms with Gasteiger partial charge in [-0.3, -0.25) is 0 Å². The number of nitriles is 2. The maximum Gasteiger partial charge on any atom is 0.0991 e. The molecule has 0 aliphatic carbocycles. The van der Waals surface area contributed by atoms with Gasteiger partial charge in [0.2, 0.25) is 0 Å². The number of hydrogen-bond donors (Lipinski definition) is 0. The van der Waals surface area contributed by atoms with E-state index in [2.05, 4.69) is 165 Å². The number of hydrogen-bond acceptors (Lipinski definition) is 2. The molecule has 55 heavy (non-hydrogen) atoms. The predicted molar refractivity (Wildman–Crippen MR) is 224 cm³/mol. The van der Waals surface area contributed by atoms with E-state index in [-0.39, 0.29) is 0 Å². The molecule has 0 atom stereocenters. The smallest absolute Gasteiger partial charge is 0.0991 e. The van der Waals surface area contributed by atoms with Gasteiger partial charge in [0.15, 0.2) is 0 Å². The zero-order chi connectivity index (χ0) is 36.6. The van der Waals surface area contributed by atoms with Crippen LogP contribution in [0.25, 0.3) is 93.6 Å². The van der Waals surface area contributed by atoms with Crippen LogP contribution in [0.2, 0.25) is 0 Å². The quantitative estimate of drug-likeness (QED) is 0.184. The van der Waals surface area contributed by atoms with Crippen LogP contribution < -0.4 is 0 Å². The van der Waals surface area contributed by atoms with Gasteiger partial charge in [-0.15, -0.1) is 0 Å². The van der Waals surface area contributed by atoms with Gasteiger partial charge in [0, 0.05) is 49.4 Å². The first-order chi connectivity index (χ1) is 27.2. The Balaban J connectivity index is 1.14. The van der Waals surface area contributed by atoms with E-state index in [0.717, 1.165) is 55.5 Å². The molecule has 8 aromatic carbocycles. The van der Waals surface area contributed by atoms with Crippen LogP contribution in [-0.4, -0.2) is 13.7 Å². The number of fused-ring (bicyclic) bond motifs is 10. The standard InChI is InChI=1S/C50H29N5/c51-30-32-20-23-46-42(26-32)43-27-33(31-52)21-24-47(43)54(46)37-14-8-10-34(28-37)35-11-9-15-38(29-35)55-44-18-6-4-16-39(44)40-22-25-48-49(50(40)55)41-17-5-7-19-45(41)53(48)36-12-2-1-3-13-36/h1-29H. The molecule has 0 saturated heterocycles. The van der Waals surface area contributed by atoms with E-state index in [1.54, 1.807) is 0 Å². The van der Waals surface area contributed by atoms with Crippen molar-refractivity contribution in [3.05, 3.63) is 187 Å². The summed E-state index contributed by atoms with van der Waals surface area (Å²) in [4.78, 5) is 0. The van der Waals surface area contributed by atoms with E-state index in [4.69, 9.17) is 0 Å². The van der Waals surface area contributed by atoms with Crippen molar-refractivity contribution in [2.24, 2.45) is 0 Å². The molecule has 0 aliphatic rings. The van der Waals surface area contributed by atoms with E-state index in [1.807, 2.05) is 36.4 Å². The van der Waals surface area contributed by atoms with Crippen LogP contribution >= 0.6 is 0 Å². The van der Waals surface area contributed by atoms with Crippen LogP contribution in [0.4, 0.5) is 0 Å². The van der Waals surface area contributed by atoms with Crippen molar-refractivity contribution in [3.8, 4) is 40.3 Å². The summed E-state index contributed by atoms with van der Waals surface area (Å²) in [5.74, 6) is 0. The third-order valence-corrected chi connectivity index (χ3v) is 11.0. The Hall–Kier alpha value is -7.86. The molecule has 5 heteroatoms. The van der Waals surface area contributed by atoms with Crippen LogP contribution in [0, 0.1) is 22.7 Å². The molecule has 0 amide bonds. The number of benzene rings is 8. The summed E-state index contributed by atoms with van der Waals surface area (Å²) >= 11 is 0. The Kier molecular flexibility index (Phi) is 6.61. The lowest BCUT2D eigenvalue weighted by Crippen LogP contribution is -1.96. The summed E-state index contributed by atoms with van der Waals surface area (Å²) in [7, 11) is 0. The Morgan fingerprint density at radius 1 is 0.327 bits per heavy atom. The normalized spacial score (nSPS) is 11.6. The van der Waals surface area contributed by atoms with Gasteiger partial charge in [-0.25, -0.2) is 0 Å². The van der Waals surface area contributed by atoms with Crippen molar-refractivity contribution < 1.29 is 0 Å². The van der Waals surface area contributed by atoms with Crippen molar-refractivity contribution in [1.82, 2.24) is 13.7 Å². The van der Waals surface area contributed by atoms with Crippen molar-refractivity contribution in [1.29, 1.82) is 10.5 Å². The molecule has 3 heterocycles. The minimum absolute atomic E-state index is 0.589. The molecule has 0 fully saturated rings. The van der Waals surface area contributed by atoms with Gasteiger partial charge in [0.1, 0.15) is 0 Å². The first kappa shape index (κ1) is 30.7. The second kappa shape index (κ2) is 11.8. The third-order valence-electron chi connectivity index (χ3n) is 11.0. The highest BCUT2D eigenvalue weighted by atomic mass is 15.0. The van der Waals surface area contributed by atoms with Gasteiger partial charge in [-0.05, 0) is 102 Å². The monoisotopic (exact) mass is 699 g/mol. The van der Waals surface area contributed by atoms with E-state index in [1.165, 1.54) is 38.1 Å². The maximum atomic E-state index is 9.70. The topological polar surface area (TPSA) is 62.4 Å². The van der Waals surface area contributed by atoms with Gasteiger partial charge in [0.05, 0.1) is 56.4 Å². The number of nitrogens with zero attached hydrogens (tertiary/aromatic N) is 5. The number of rotatable bonds is 4. The fourth-order valence-corrected chi connectivity index (χ4v) is 8.72. The zero-order valence-electron chi connectivity index (χ0n) is 29.5. The highest BCUT2D eigenvalue weighted by molar-refractivity contribution is 6.26. The lowest BCUT2D eigenvalue weighted by atomic mass is 10.0. The van der Waals surface area contributed by atoms with Crippen molar-refractivity contribution in [2.75, 3.05) is 0 Å². The fraction of sp³-hybridized carbons (Fsp3) is 0. The van der Waals surface area contributed by atoms with Gasteiger partial charge >= 0.3 is 0 Å². The number of para-hydroxylation sites is 3. The van der Waals surface area contributed by atoms with Crippen LogP contribution in [0.1, 0.15) is 11.1 Å². The summed E-state index contributed by atoms with van der Waals surface area (Å²) in [6, 6.07) is 66.2. The summed E-state index contributed by atoms with van der Waals surface area (Å²) in [6.07, 6.45) is 0. The SMILES string of the molecule is N#Cc1ccc2c(c1)c1cc(C#N)ccc1n2-c1cccc(-c2cccc(-n3c4ccccc4c4ccc5c(c6ccccc6n5-c5ccccc5)c43)c2)c1. The molecule has 0 aliphatic heterocycles. The molecule has 0 N–H and O–H groups in total. The van der Waals surface area contributed by atoms with Crippen LogP contribution in [0.3, 0.4) is 0 Å². The predicted octanol–water partition coefficient (Wildman–Crippen LogP) is 12.4. The van der Waals surface area contributed by atoms with Crippen LogP contribution in [-0.2, 0) is 0 Å². The molecular formula is C50H29N5. The lowest BCUT2D eigenvalue weighted by molar-refractivity contribution is 1.17. The van der Waals surface area contributed by atoms with Gasteiger partial charge in [-0.2, -0.15) is 10.5 Å². The Labute approximate surface area is 316 Å². The molecule has 11 rings (SSSR count). The molecular weight excluding hydrogens is 671 g/mol. The van der Waals surface area contributed by atoms with E-state index >= 15 is 0 Å². The molecule has 5 nitrogen and oxygen atoms in total. The first-order valence-electron chi connectivity index (χ1n) is 18.3. The van der Waals surface area contributed by atoms with Crippen molar-refractivity contribution in [3.63, 3.8) is 0 Å². The minimum atomic E-state index is 0.589. The highest BCUT2D eigenvalue weighted by Crippen LogP contribution is 2.42. The van der Waals surface area contributed by atoms with E-state index in [0.29, 0.717) is 11.1 Å². The van der Waals surface area contributed by atoms with Gasteiger partial charge in [0.25, 0.3) is 0 Å². The molecule has 0 radical (unpaired) electrons. The summed E-state index contributed by atoms with van der Waals surface area (Å²) in [5, 5.41) is 26.2. The fourth-order valence-electron chi connectivity index (χ4n) is 8.72. The molecule has 0 spiro atoms. The molecule has 0 saturated carbocycles. The van der Waals surface area contributed by atoms with Gasteiger partial charge < -0.3 is 13.7 Å². The maximum absolute atomic E-state index is 9.70. The molecule has 3 aromatic heterocycles. The Morgan fingerprint density at radius 3 is 1.45 bits per heavy atom. The highest BCUT2D eigenvalue weighted by Gasteiger charge is 2.21. The Morgan fingerprint density at radius 2 is 0.818 bits per heavy atom. The molecule has 254 valence electrons. The second-order valence-corrected chi connectivity index (χ2v) is 14.0. The summed E-state index contributed by atoms with van der Waals surface area (Å²) in [6.45, 7) is 0. The second-order valence-electron chi connectivity index (χ2n) is 14.0. The van der Waals surface area contributed by atoms with Gasteiger partial charge in [-0.1, -0.05) is 84.9 Å². The zero-order valence-corrected chi connectivity index (χ0v) is 29.5. The number of aromatic nitrogens is 3. The molecule has 0 unspecified atom stereocenters. The Bertz CT molecular complexity index is 3380. The van der Waals surface area contributed by atoms with Crippen LogP contribution in [0.5, 0.6) is 0 Å². The largest absolute Gasteiger partial charge is 0.309 e. The summed E-state index contributed by atoms with van der Waals surface area (Å²) in [5.41, 5.74) is 13.3. The average molecular weight is 700 g/mol. The van der Waals surface area contributed by atoms with Crippen molar-refractivity contribution in [2.45, 2.75) is 0 Å². The van der Waals surface area contributed by atoms with Crippen molar-refractivity contribution >= 4 is 65.4 Å². The van der Waals surface area contributed by atoms with E-state index in [9.17, 15) is 10.5 Å². The third kappa shape index (κ3) is 4.51. The molecule has 11 aromatic rings. The van der Waals surface area contributed by atoms with Crippen LogP contribution in [0.15, 0.2) is 176 Å². The summed E-state index contributed by atoms with van der Waals surface area (Å²) < 4.78 is 7.05. The average Bonchev–Trinajstić information content (AvgIpc) is 3.89. The first-order valence-corrected chi connectivity index (χ1v) is 18.3. The lowest BCUT2D eigenvalue weighted by Gasteiger charge is -2.13. The molecule has 0 bridgehead atoms. The van der Waals surface area contributed by atoms with E-state index < -0.39 is 0 Å².